The summed E-state index contributed by atoms with van der Waals surface area (Å²) < 4.78 is 19.6. The molecule has 0 aromatic heterocycles. The maximum absolute atomic E-state index is 13.9. The van der Waals surface area contributed by atoms with Crippen molar-refractivity contribution in [3.63, 3.8) is 0 Å². The first-order valence-electron chi connectivity index (χ1n) is 6.42. The van der Waals surface area contributed by atoms with Gasteiger partial charge in [0.25, 0.3) is 0 Å². The van der Waals surface area contributed by atoms with Crippen LogP contribution >= 0.6 is 39.1 Å². The van der Waals surface area contributed by atoms with Gasteiger partial charge in [0.15, 0.2) is 0 Å². The van der Waals surface area contributed by atoms with Gasteiger partial charge in [0, 0.05) is 10.0 Å². The number of aryl methyl sites for hydroxylation is 1. The molecule has 0 radical (unpaired) electrons. The summed E-state index contributed by atoms with van der Waals surface area (Å²) in [5.74, 6) is 0.466. The topological polar surface area (TPSA) is 9.23 Å². The molecule has 112 valence electrons. The molecule has 5 heteroatoms. The van der Waals surface area contributed by atoms with E-state index in [1.54, 1.807) is 13.2 Å². The SMILES string of the molecule is COc1ccc(CCC(Cl)c2cc(Cl)c(Br)cc2F)cc1. The zero-order chi connectivity index (χ0) is 15.4. The number of halogens is 4. The van der Waals surface area contributed by atoms with Gasteiger partial charge in [-0.15, -0.1) is 11.6 Å². The zero-order valence-electron chi connectivity index (χ0n) is 11.4. The molecule has 2 aromatic carbocycles. The summed E-state index contributed by atoms with van der Waals surface area (Å²) in [6.07, 6.45) is 1.38. The van der Waals surface area contributed by atoms with E-state index in [1.807, 2.05) is 24.3 Å². The normalized spacial score (nSPS) is 12.2. The number of ether oxygens (including phenoxy) is 1. The van der Waals surface area contributed by atoms with Crippen LogP contribution in [-0.2, 0) is 6.42 Å². The molecular weight excluding hydrogens is 378 g/mol. The van der Waals surface area contributed by atoms with Gasteiger partial charge in [0.2, 0.25) is 0 Å². The van der Waals surface area contributed by atoms with E-state index in [2.05, 4.69) is 15.9 Å². The van der Waals surface area contributed by atoms with Crippen molar-refractivity contribution in [1.82, 2.24) is 0 Å². The molecule has 21 heavy (non-hydrogen) atoms. The first kappa shape index (κ1) is 16.6. The van der Waals surface area contributed by atoms with Gasteiger partial charge in [-0.2, -0.15) is 0 Å². The van der Waals surface area contributed by atoms with Crippen LogP contribution in [0.2, 0.25) is 5.02 Å². The van der Waals surface area contributed by atoms with Gasteiger partial charge < -0.3 is 4.74 Å². The molecule has 0 fully saturated rings. The van der Waals surface area contributed by atoms with Crippen LogP contribution in [0.4, 0.5) is 4.39 Å². The van der Waals surface area contributed by atoms with E-state index < -0.39 is 5.38 Å². The maximum Gasteiger partial charge on any atom is 0.129 e. The lowest BCUT2D eigenvalue weighted by Crippen LogP contribution is -1.98. The van der Waals surface area contributed by atoms with Crippen LogP contribution in [0.15, 0.2) is 40.9 Å². The second kappa shape index (κ2) is 7.48. The van der Waals surface area contributed by atoms with Gasteiger partial charge in [-0.1, -0.05) is 23.7 Å². The molecule has 0 aliphatic rings. The van der Waals surface area contributed by atoms with Crippen molar-refractivity contribution in [2.24, 2.45) is 0 Å². The molecule has 0 spiro atoms. The van der Waals surface area contributed by atoms with Gasteiger partial charge >= 0.3 is 0 Å². The van der Waals surface area contributed by atoms with Crippen LogP contribution in [0.5, 0.6) is 5.75 Å². The first-order chi connectivity index (χ1) is 10.0. The molecule has 1 nitrogen and oxygen atoms in total. The van der Waals surface area contributed by atoms with Crippen LogP contribution in [0.25, 0.3) is 0 Å². The van der Waals surface area contributed by atoms with Crippen molar-refractivity contribution >= 4 is 39.1 Å². The number of hydrogen-bond acceptors (Lipinski definition) is 1. The fourth-order valence-corrected chi connectivity index (χ4v) is 2.78. The molecule has 0 aliphatic carbocycles. The minimum Gasteiger partial charge on any atom is -0.497 e. The van der Waals surface area contributed by atoms with Crippen molar-refractivity contribution < 1.29 is 9.13 Å². The molecule has 0 amide bonds. The van der Waals surface area contributed by atoms with Gasteiger partial charge in [-0.3, -0.25) is 0 Å². The summed E-state index contributed by atoms with van der Waals surface area (Å²) in [5.41, 5.74) is 1.56. The quantitative estimate of drug-likeness (QED) is 0.437. The van der Waals surface area contributed by atoms with Crippen molar-refractivity contribution in [2.75, 3.05) is 7.11 Å². The predicted molar refractivity (Wildman–Crippen MR) is 89.0 cm³/mol. The summed E-state index contributed by atoms with van der Waals surface area (Å²) >= 11 is 15.5. The van der Waals surface area contributed by atoms with E-state index in [4.69, 9.17) is 27.9 Å². The zero-order valence-corrected chi connectivity index (χ0v) is 14.5. The molecule has 1 atom stereocenters. The highest BCUT2D eigenvalue weighted by atomic mass is 79.9. The monoisotopic (exact) mass is 390 g/mol. The third-order valence-electron chi connectivity index (χ3n) is 3.22. The van der Waals surface area contributed by atoms with E-state index in [0.717, 1.165) is 17.7 Å². The second-order valence-electron chi connectivity index (χ2n) is 4.64. The highest BCUT2D eigenvalue weighted by molar-refractivity contribution is 9.10. The number of alkyl halides is 1. The lowest BCUT2D eigenvalue weighted by atomic mass is 10.0. The Kier molecular flexibility index (Phi) is 5.91. The first-order valence-corrected chi connectivity index (χ1v) is 8.03. The van der Waals surface area contributed by atoms with Crippen LogP contribution < -0.4 is 4.74 Å². The van der Waals surface area contributed by atoms with E-state index >= 15 is 0 Å². The van der Waals surface area contributed by atoms with Gasteiger partial charge in [-0.25, -0.2) is 4.39 Å². The highest BCUT2D eigenvalue weighted by Crippen LogP contribution is 2.33. The maximum atomic E-state index is 13.9. The summed E-state index contributed by atoms with van der Waals surface area (Å²) in [5, 5.41) is 0.0409. The van der Waals surface area contributed by atoms with Crippen LogP contribution in [-0.4, -0.2) is 7.11 Å². The molecule has 2 rings (SSSR count). The third-order valence-corrected chi connectivity index (χ3v) is 4.87. The van der Waals surface area contributed by atoms with Gasteiger partial charge in [0.05, 0.1) is 17.5 Å². The number of hydrogen-bond donors (Lipinski definition) is 0. The smallest absolute Gasteiger partial charge is 0.129 e. The number of benzene rings is 2. The Morgan fingerprint density at radius 3 is 2.52 bits per heavy atom. The molecule has 2 aromatic rings. The molecule has 0 saturated carbocycles. The lowest BCUT2D eigenvalue weighted by Gasteiger charge is -2.12. The van der Waals surface area contributed by atoms with Crippen LogP contribution in [0.1, 0.15) is 22.9 Å². The number of methoxy groups -OCH3 is 1. The standard InChI is InChI=1S/C16H14BrCl2FO/c1-21-11-5-2-10(3-6-11)4-7-14(18)12-8-15(19)13(17)9-16(12)20/h2-3,5-6,8-9,14H,4,7H2,1H3. The average Bonchev–Trinajstić information content (AvgIpc) is 2.49. The Labute approximate surface area is 142 Å². The Hall–Kier alpha value is -0.770. The van der Waals surface area contributed by atoms with Gasteiger partial charge in [0.1, 0.15) is 11.6 Å². The Bertz CT molecular complexity index is 616. The molecular formula is C16H14BrCl2FO. The molecule has 0 saturated heterocycles. The second-order valence-corrected chi connectivity index (χ2v) is 6.43. The largest absolute Gasteiger partial charge is 0.497 e. The summed E-state index contributed by atoms with van der Waals surface area (Å²) in [7, 11) is 1.63. The third kappa shape index (κ3) is 4.35. The Morgan fingerprint density at radius 1 is 1.24 bits per heavy atom. The molecule has 0 aliphatic heterocycles. The average molecular weight is 392 g/mol. The lowest BCUT2D eigenvalue weighted by molar-refractivity contribution is 0.414. The highest BCUT2D eigenvalue weighted by Gasteiger charge is 2.15. The van der Waals surface area contributed by atoms with Gasteiger partial charge in [-0.05, 0) is 58.6 Å². The van der Waals surface area contributed by atoms with E-state index in [9.17, 15) is 4.39 Å². The molecule has 0 N–H and O–H groups in total. The summed E-state index contributed by atoms with van der Waals surface area (Å²) in [6.45, 7) is 0. The molecule has 0 heterocycles. The summed E-state index contributed by atoms with van der Waals surface area (Å²) in [6, 6.07) is 10.7. The summed E-state index contributed by atoms with van der Waals surface area (Å²) in [4.78, 5) is 0. The van der Waals surface area contributed by atoms with Crippen molar-refractivity contribution in [3.8, 4) is 5.75 Å². The van der Waals surface area contributed by atoms with Crippen molar-refractivity contribution in [2.45, 2.75) is 18.2 Å². The minimum atomic E-state index is -0.419. The van der Waals surface area contributed by atoms with Crippen molar-refractivity contribution in [3.05, 3.63) is 62.8 Å². The molecule has 0 bridgehead atoms. The predicted octanol–water partition coefficient (Wildman–Crippen LogP) is 6.16. The van der Waals surface area contributed by atoms with Crippen LogP contribution in [0, 0.1) is 5.82 Å². The van der Waals surface area contributed by atoms with E-state index in [0.29, 0.717) is 21.5 Å². The molecule has 1 unspecified atom stereocenters. The Morgan fingerprint density at radius 2 is 1.90 bits per heavy atom. The van der Waals surface area contributed by atoms with E-state index in [1.165, 1.54) is 6.07 Å². The fourth-order valence-electron chi connectivity index (χ4n) is 2.02. The van der Waals surface area contributed by atoms with Crippen molar-refractivity contribution in [1.29, 1.82) is 0 Å². The van der Waals surface area contributed by atoms with E-state index in [-0.39, 0.29) is 5.82 Å². The fraction of sp³-hybridized carbons (Fsp3) is 0.250. The minimum absolute atomic E-state index is 0.346. The Balaban J connectivity index is 2.04. The number of rotatable bonds is 5. The van der Waals surface area contributed by atoms with Crippen LogP contribution in [0.3, 0.4) is 0 Å².